The van der Waals surface area contributed by atoms with Gasteiger partial charge in [0.15, 0.2) is 0 Å². The highest BCUT2D eigenvalue weighted by Crippen LogP contribution is 2.31. The quantitative estimate of drug-likeness (QED) is 0.557. The SMILES string of the molecule is Cc1ccc(S(=O)(=O)N2CCN(CCCc3ccc(C(F)(F)F)c(F)c3)CC2)cc1CC(=O)O. The number of hydrogen-bond donors (Lipinski definition) is 1. The molecule has 6 nitrogen and oxygen atoms in total. The van der Waals surface area contributed by atoms with Crippen LogP contribution in [0.25, 0.3) is 0 Å². The summed E-state index contributed by atoms with van der Waals surface area (Å²) in [4.78, 5) is 13.2. The Bertz CT molecular complexity index is 1140. The zero-order valence-corrected chi connectivity index (χ0v) is 19.4. The molecule has 1 N–H and O–H groups in total. The van der Waals surface area contributed by atoms with E-state index in [2.05, 4.69) is 4.90 Å². The highest BCUT2D eigenvalue weighted by Gasteiger charge is 2.34. The van der Waals surface area contributed by atoms with Crippen LogP contribution in [-0.2, 0) is 33.8 Å². The van der Waals surface area contributed by atoms with Gasteiger partial charge in [0.1, 0.15) is 5.82 Å². The minimum atomic E-state index is -4.72. The Balaban J connectivity index is 1.53. The predicted octanol–water partition coefficient (Wildman–Crippen LogP) is 3.72. The van der Waals surface area contributed by atoms with Gasteiger partial charge in [-0.05, 0) is 67.3 Å². The standard InChI is InChI=1S/C23H26F4N2O4S/c1-16-4-6-19(14-18(16)15-22(30)31)34(32,33)29-11-9-28(10-12-29)8-2-3-17-5-7-20(21(24)13-17)23(25,26)27/h4-7,13-14H,2-3,8-12,15H2,1H3,(H,30,31). The molecule has 1 fully saturated rings. The van der Waals surface area contributed by atoms with Crippen molar-refractivity contribution >= 4 is 16.0 Å². The van der Waals surface area contributed by atoms with Crippen LogP contribution in [0.1, 0.15) is 28.7 Å². The van der Waals surface area contributed by atoms with Crippen LogP contribution in [0.15, 0.2) is 41.3 Å². The minimum Gasteiger partial charge on any atom is -0.481 e. The first-order chi connectivity index (χ1) is 15.9. The number of sulfonamides is 1. The lowest BCUT2D eigenvalue weighted by atomic mass is 10.1. The average Bonchev–Trinajstić information content (AvgIpc) is 2.74. The molecule has 11 heteroatoms. The molecule has 0 radical (unpaired) electrons. The van der Waals surface area contributed by atoms with E-state index in [1.807, 2.05) is 0 Å². The van der Waals surface area contributed by atoms with Gasteiger partial charge in [-0.3, -0.25) is 4.79 Å². The second kappa shape index (κ2) is 10.4. The lowest BCUT2D eigenvalue weighted by Gasteiger charge is -2.34. The molecular formula is C23H26F4N2O4S. The van der Waals surface area contributed by atoms with Gasteiger partial charge in [0.25, 0.3) is 0 Å². The van der Waals surface area contributed by atoms with Crippen LogP contribution >= 0.6 is 0 Å². The Morgan fingerprint density at radius 2 is 1.74 bits per heavy atom. The van der Waals surface area contributed by atoms with Gasteiger partial charge in [-0.2, -0.15) is 17.5 Å². The van der Waals surface area contributed by atoms with E-state index in [1.165, 1.54) is 22.5 Å². The van der Waals surface area contributed by atoms with Crippen LogP contribution in [0.3, 0.4) is 0 Å². The molecule has 1 saturated heterocycles. The van der Waals surface area contributed by atoms with E-state index in [0.717, 1.165) is 12.1 Å². The number of aryl methyl sites for hydroxylation is 2. The van der Waals surface area contributed by atoms with Crippen LogP contribution in [0.4, 0.5) is 17.6 Å². The molecule has 1 aliphatic heterocycles. The van der Waals surface area contributed by atoms with Gasteiger partial charge in [-0.25, -0.2) is 12.8 Å². The van der Waals surface area contributed by atoms with Crippen LogP contribution in [-0.4, -0.2) is 61.4 Å². The van der Waals surface area contributed by atoms with E-state index in [9.17, 15) is 30.8 Å². The molecule has 0 aliphatic carbocycles. The molecule has 0 saturated carbocycles. The number of nitrogens with zero attached hydrogens (tertiary/aromatic N) is 2. The van der Waals surface area contributed by atoms with Crippen molar-refractivity contribution in [3.63, 3.8) is 0 Å². The highest BCUT2D eigenvalue weighted by atomic mass is 32.2. The number of carboxylic acids is 1. The highest BCUT2D eigenvalue weighted by molar-refractivity contribution is 7.89. The first-order valence-corrected chi connectivity index (χ1v) is 12.2. The molecule has 1 aliphatic rings. The van der Waals surface area contributed by atoms with Crippen molar-refractivity contribution in [2.45, 2.75) is 37.3 Å². The molecule has 3 rings (SSSR count). The van der Waals surface area contributed by atoms with Crippen LogP contribution in [0.5, 0.6) is 0 Å². The van der Waals surface area contributed by atoms with Crippen molar-refractivity contribution in [3.05, 3.63) is 64.5 Å². The average molecular weight is 503 g/mol. The number of piperazine rings is 1. The molecule has 1 heterocycles. The fourth-order valence-electron chi connectivity index (χ4n) is 3.96. The van der Waals surface area contributed by atoms with E-state index < -0.39 is 33.5 Å². The van der Waals surface area contributed by atoms with E-state index in [1.54, 1.807) is 13.0 Å². The van der Waals surface area contributed by atoms with Crippen molar-refractivity contribution in [2.75, 3.05) is 32.7 Å². The summed E-state index contributed by atoms with van der Waals surface area (Å²) >= 11 is 0. The molecular weight excluding hydrogens is 476 g/mol. The van der Waals surface area contributed by atoms with Crippen molar-refractivity contribution in [2.24, 2.45) is 0 Å². The van der Waals surface area contributed by atoms with E-state index in [-0.39, 0.29) is 24.4 Å². The molecule has 0 unspecified atom stereocenters. The second-order valence-corrected chi connectivity index (χ2v) is 10.3. The molecule has 0 atom stereocenters. The summed E-state index contributed by atoms with van der Waals surface area (Å²) in [7, 11) is -3.76. The molecule has 0 aromatic heterocycles. The van der Waals surface area contributed by atoms with Gasteiger partial charge in [0, 0.05) is 26.2 Å². The zero-order valence-electron chi connectivity index (χ0n) is 18.6. The Labute approximate surface area is 195 Å². The third kappa shape index (κ3) is 6.34. The van der Waals surface area contributed by atoms with Crippen LogP contribution in [0.2, 0.25) is 0 Å². The summed E-state index contributed by atoms with van der Waals surface area (Å²) in [5.74, 6) is -2.32. The number of benzene rings is 2. The maximum absolute atomic E-state index is 13.7. The van der Waals surface area contributed by atoms with Gasteiger partial charge >= 0.3 is 12.1 Å². The van der Waals surface area contributed by atoms with Gasteiger partial charge in [0.05, 0.1) is 16.9 Å². The van der Waals surface area contributed by atoms with E-state index in [4.69, 9.17) is 5.11 Å². The van der Waals surface area contributed by atoms with Crippen molar-refractivity contribution in [1.82, 2.24) is 9.21 Å². The van der Waals surface area contributed by atoms with Crippen molar-refractivity contribution in [3.8, 4) is 0 Å². The summed E-state index contributed by atoms with van der Waals surface area (Å²) in [5.41, 5.74) is 0.353. The minimum absolute atomic E-state index is 0.0622. The monoisotopic (exact) mass is 502 g/mol. The van der Waals surface area contributed by atoms with Crippen molar-refractivity contribution < 1.29 is 35.9 Å². The molecule has 0 spiro atoms. The number of halogens is 4. The Kier molecular flexibility index (Phi) is 7.99. The summed E-state index contributed by atoms with van der Waals surface area (Å²) in [5, 5.41) is 9.04. The van der Waals surface area contributed by atoms with E-state index in [0.29, 0.717) is 49.2 Å². The first kappa shape index (κ1) is 26.1. The zero-order chi connectivity index (χ0) is 25.1. The van der Waals surface area contributed by atoms with Gasteiger partial charge in [-0.15, -0.1) is 0 Å². The van der Waals surface area contributed by atoms with Gasteiger partial charge < -0.3 is 10.0 Å². The number of aliphatic carboxylic acids is 1. The number of alkyl halides is 3. The fourth-order valence-corrected chi connectivity index (χ4v) is 5.43. The Morgan fingerprint density at radius 3 is 2.32 bits per heavy atom. The normalized spacial score (nSPS) is 16.0. The molecule has 2 aromatic rings. The summed E-state index contributed by atoms with van der Waals surface area (Å²) in [6.07, 6.45) is -3.98. The summed E-state index contributed by atoms with van der Waals surface area (Å²) < 4.78 is 79.1. The van der Waals surface area contributed by atoms with Crippen LogP contribution in [0, 0.1) is 12.7 Å². The summed E-state index contributed by atoms with van der Waals surface area (Å²) in [6.45, 7) is 3.82. The molecule has 34 heavy (non-hydrogen) atoms. The topological polar surface area (TPSA) is 77.9 Å². The lowest BCUT2D eigenvalue weighted by Crippen LogP contribution is -2.48. The number of hydrogen-bond acceptors (Lipinski definition) is 4. The molecule has 186 valence electrons. The third-order valence-corrected chi connectivity index (χ3v) is 7.80. The Hall–Kier alpha value is -2.50. The first-order valence-electron chi connectivity index (χ1n) is 10.8. The largest absolute Gasteiger partial charge is 0.481 e. The maximum Gasteiger partial charge on any atom is 0.419 e. The van der Waals surface area contributed by atoms with E-state index >= 15 is 0 Å². The Morgan fingerprint density at radius 1 is 1.06 bits per heavy atom. The lowest BCUT2D eigenvalue weighted by molar-refractivity contribution is -0.140. The maximum atomic E-state index is 13.7. The molecule has 0 amide bonds. The van der Waals surface area contributed by atoms with Gasteiger partial charge in [0.2, 0.25) is 10.0 Å². The van der Waals surface area contributed by atoms with Gasteiger partial charge in [-0.1, -0.05) is 12.1 Å². The second-order valence-electron chi connectivity index (χ2n) is 8.32. The summed E-state index contributed by atoms with van der Waals surface area (Å²) in [6, 6.07) is 7.43. The van der Waals surface area contributed by atoms with Crippen LogP contribution < -0.4 is 0 Å². The molecule has 0 bridgehead atoms. The smallest absolute Gasteiger partial charge is 0.419 e. The number of rotatable bonds is 8. The van der Waals surface area contributed by atoms with Crippen molar-refractivity contribution in [1.29, 1.82) is 0 Å². The predicted molar refractivity (Wildman–Crippen MR) is 117 cm³/mol. The molecule has 2 aromatic carbocycles. The number of carboxylic acid groups (broad SMARTS) is 1. The third-order valence-electron chi connectivity index (χ3n) is 5.91. The number of carbonyl (C=O) groups is 1. The fraction of sp³-hybridized carbons (Fsp3) is 0.435.